The smallest absolute Gasteiger partial charge is 0.322 e. The van der Waals surface area contributed by atoms with Gasteiger partial charge in [0.25, 0.3) is 10.0 Å². The number of carboxylic acids is 1. The average Bonchev–Trinajstić information content (AvgIpc) is 2.84. The zero-order valence-corrected chi connectivity index (χ0v) is 10.1. The standard InChI is InChI=1S/C9H13N3O4S/c1-11-5-8(10-6-11)17(15,16)12-4-2-3-7(12)9(13)14/h5-7H,2-4H2,1H3,(H,13,14)/t7-/m1/s1. The Bertz CT molecular complexity index is 536. The van der Waals surface area contributed by atoms with Crippen LogP contribution in [0.25, 0.3) is 0 Å². The van der Waals surface area contributed by atoms with Crippen LogP contribution in [-0.2, 0) is 21.9 Å². The van der Waals surface area contributed by atoms with Gasteiger partial charge in [-0.05, 0) is 12.8 Å². The SMILES string of the molecule is Cn1cnc(S(=O)(=O)N2CCC[C@@H]2C(=O)O)c1. The molecule has 2 rings (SSSR count). The predicted octanol–water partition coefficient (Wildman–Crippen LogP) is -0.342. The van der Waals surface area contributed by atoms with Crippen molar-refractivity contribution in [2.24, 2.45) is 7.05 Å². The highest BCUT2D eigenvalue weighted by atomic mass is 32.2. The summed E-state index contributed by atoms with van der Waals surface area (Å²) in [6, 6.07) is -0.970. The number of carbonyl (C=O) groups is 1. The number of nitrogens with zero attached hydrogens (tertiary/aromatic N) is 3. The molecule has 94 valence electrons. The van der Waals surface area contributed by atoms with Crippen LogP contribution in [0.2, 0.25) is 0 Å². The van der Waals surface area contributed by atoms with Crippen LogP contribution in [0.1, 0.15) is 12.8 Å². The van der Waals surface area contributed by atoms with E-state index in [1.807, 2.05) is 0 Å². The lowest BCUT2D eigenvalue weighted by Gasteiger charge is -2.19. The topological polar surface area (TPSA) is 92.5 Å². The van der Waals surface area contributed by atoms with Crippen molar-refractivity contribution < 1.29 is 18.3 Å². The number of carboxylic acid groups (broad SMARTS) is 1. The summed E-state index contributed by atoms with van der Waals surface area (Å²) in [5.41, 5.74) is 0. The molecular formula is C9H13N3O4S. The van der Waals surface area contributed by atoms with Crippen LogP contribution in [0.5, 0.6) is 0 Å². The van der Waals surface area contributed by atoms with Gasteiger partial charge in [0, 0.05) is 19.8 Å². The molecule has 0 spiro atoms. The Kier molecular flexibility index (Phi) is 2.92. The van der Waals surface area contributed by atoms with Crippen molar-refractivity contribution in [2.45, 2.75) is 23.9 Å². The number of aromatic nitrogens is 2. The number of rotatable bonds is 3. The Morgan fingerprint density at radius 2 is 2.29 bits per heavy atom. The fourth-order valence-electron chi connectivity index (χ4n) is 1.92. The van der Waals surface area contributed by atoms with E-state index in [0.717, 1.165) is 4.31 Å². The van der Waals surface area contributed by atoms with Gasteiger partial charge in [-0.15, -0.1) is 0 Å². The Morgan fingerprint density at radius 3 is 2.82 bits per heavy atom. The normalized spacial score (nSPS) is 21.8. The Hall–Kier alpha value is -1.41. The minimum absolute atomic E-state index is 0.104. The van der Waals surface area contributed by atoms with Gasteiger partial charge in [0.05, 0.1) is 6.33 Å². The molecule has 0 saturated carbocycles. The third kappa shape index (κ3) is 2.05. The average molecular weight is 259 g/mol. The van der Waals surface area contributed by atoms with Crippen molar-refractivity contribution in [3.63, 3.8) is 0 Å². The first-order chi connectivity index (χ1) is 7.93. The number of sulfonamides is 1. The molecule has 1 aliphatic rings. The highest BCUT2D eigenvalue weighted by Gasteiger charge is 2.40. The fourth-order valence-corrected chi connectivity index (χ4v) is 3.54. The van der Waals surface area contributed by atoms with Gasteiger partial charge in [-0.2, -0.15) is 4.31 Å². The summed E-state index contributed by atoms with van der Waals surface area (Å²) in [6.45, 7) is 0.232. The summed E-state index contributed by atoms with van der Waals surface area (Å²) in [4.78, 5) is 14.7. The third-order valence-electron chi connectivity index (χ3n) is 2.74. The fraction of sp³-hybridized carbons (Fsp3) is 0.556. The van der Waals surface area contributed by atoms with Crippen LogP contribution in [0.4, 0.5) is 0 Å². The van der Waals surface area contributed by atoms with E-state index in [2.05, 4.69) is 4.98 Å². The minimum Gasteiger partial charge on any atom is -0.480 e. The third-order valence-corrected chi connectivity index (χ3v) is 4.54. The summed E-state index contributed by atoms with van der Waals surface area (Å²) in [5, 5.41) is 8.86. The Balaban J connectivity index is 2.36. The summed E-state index contributed by atoms with van der Waals surface area (Å²) in [7, 11) is -2.13. The molecule has 0 unspecified atom stereocenters. The monoisotopic (exact) mass is 259 g/mol. The van der Waals surface area contributed by atoms with E-state index in [0.29, 0.717) is 12.8 Å². The molecule has 1 aliphatic heterocycles. The zero-order chi connectivity index (χ0) is 12.6. The van der Waals surface area contributed by atoms with Crippen LogP contribution >= 0.6 is 0 Å². The molecule has 0 bridgehead atoms. The molecule has 0 radical (unpaired) electrons. The van der Waals surface area contributed by atoms with Gasteiger partial charge < -0.3 is 9.67 Å². The molecule has 1 N–H and O–H groups in total. The lowest BCUT2D eigenvalue weighted by molar-refractivity contribution is -0.140. The molecule has 1 atom stereocenters. The first-order valence-corrected chi connectivity index (χ1v) is 6.59. The molecular weight excluding hydrogens is 246 g/mol. The van der Waals surface area contributed by atoms with Gasteiger partial charge in [0.15, 0.2) is 5.03 Å². The van der Waals surface area contributed by atoms with Gasteiger partial charge in [-0.3, -0.25) is 4.79 Å². The van der Waals surface area contributed by atoms with Gasteiger partial charge in [-0.25, -0.2) is 13.4 Å². The predicted molar refractivity (Wildman–Crippen MR) is 57.8 cm³/mol. The van der Waals surface area contributed by atoms with Gasteiger partial charge >= 0.3 is 5.97 Å². The van der Waals surface area contributed by atoms with Gasteiger partial charge in [-0.1, -0.05) is 0 Å². The van der Waals surface area contributed by atoms with E-state index in [1.54, 1.807) is 7.05 Å². The molecule has 17 heavy (non-hydrogen) atoms. The van der Waals surface area contributed by atoms with E-state index in [-0.39, 0.29) is 11.6 Å². The molecule has 1 saturated heterocycles. The summed E-state index contributed by atoms with van der Waals surface area (Å²) in [5.74, 6) is -1.11. The van der Waals surface area contributed by atoms with Gasteiger partial charge in [0.1, 0.15) is 6.04 Å². The van der Waals surface area contributed by atoms with Crippen molar-refractivity contribution in [1.82, 2.24) is 13.9 Å². The second-order valence-electron chi connectivity index (χ2n) is 3.99. The van der Waals surface area contributed by atoms with Crippen molar-refractivity contribution in [3.05, 3.63) is 12.5 Å². The van der Waals surface area contributed by atoms with Crippen molar-refractivity contribution in [1.29, 1.82) is 0 Å². The maximum atomic E-state index is 12.1. The van der Waals surface area contributed by atoms with Gasteiger partial charge in [0.2, 0.25) is 0 Å². The van der Waals surface area contributed by atoms with E-state index in [9.17, 15) is 13.2 Å². The Morgan fingerprint density at radius 1 is 1.59 bits per heavy atom. The van der Waals surface area contributed by atoms with Crippen molar-refractivity contribution >= 4 is 16.0 Å². The van der Waals surface area contributed by atoms with E-state index >= 15 is 0 Å². The maximum Gasteiger partial charge on any atom is 0.322 e. The molecule has 0 aromatic carbocycles. The zero-order valence-electron chi connectivity index (χ0n) is 9.28. The van der Waals surface area contributed by atoms with E-state index < -0.39 is 22.0 Å². The number of aliphatic carboxylic acids is 1. The quantitative estimate of drug-likeness (QED) is 0.801. The minimum atomic E-state index is -3.79. The molecule has 7 nitrogen and oxygen atoms in total. The highest BCUT2D eigenvalue weighted by Crippen LogP contribution is 2.25. The summed E-state index contributed by atoms with van der Waals surface area (Å²) < 4.78 is 26.8. The van der Waals surface area contributed by atoms with Crippen LogP contribution in [-0.4, -0.2) is 45.9 Å². The first kappa shape index (κ1) is 12.1. The Labute approximate surface area is 98.7 Å². The molecule has 1 aromatic heterocycles. The largest absolute Gasteiger partial charge is 0.480 e. The molecule has 1 fully saturated rings. The first-order valence-electron chi connectivity index (χ1n) is 5.15. The lowest BCUT2D eigenvalue weighted by Crippen LogP contribution is -2.40. The van der Waals surface area contributed by atoms with Crippen LogP contribution in [0.15, 0.2) is 17.6 Å². The summed E-state index contributed by atoms with van der Waals surface area (Å²) >= 11 is 0. The molecule has 2 heterocycles. The van der Waals surface area contributed by atoms with Crippen LogP contribution < -0.4 is 0 Å². The van der Waals surface area contributed by atoms with Crippen molar-refractivity contribution in [3.8, 4) is 0 Å². The lowest BCUT2D eigenvalue weighted by atomic mass is 10.2. The van der Waals surface area contributed by atoms with Crippen LogP contribution in [0.3, 0.4) is 0 Å². The number of hydrogen-bond acceptors (Lipinski definition) is 4. The molecule has 1 aromatic rings. The maximum absolute atomic E-state index is 12.1. The molecule has 8 heteroatoms. The van der Waals surface area contributed by atoms with Crippen molar-refractivity contribution in [2.75, 3.05) is 6.54 Å². The highest BCUT2D eigenvalue weighted by molar-refractivity contribution is 7.89. The second kappa shape index (κ2) is 4.11. The second-order valence-corrected chi connectivity index (χ2v) is 5.83. The molecule has 0 aliphatic carbocycles. The van der Waals surface area contributed by atoms with E-state index in [4.69, 9.17) is 5.11 Å². The number of hydrogen-bond donors (Lipinski definition) is 1. The number of aryl methyl sites for hydroxylation is 1. The number of imidazole rings is 1. The van der Waals surface area contributed by atoms with E-state index in [1.165, 1.54) is 17.1 Å². The summed E-state index contributed by atoms with van der Waals surface area (Å²) in [6.07, 6.45) is 3.65. The molecule has 0 amide bonds. The van der Waals surface area contributed by atoms with Crippen LogP contribution in [0, 0.1) is 0 Å².